The lowest BCUT2D eigenvalue weighted by Gasteiger charge is -2.35. The van der Waals surface area contributed by atoms with E-state index in [2.05, 4.69) is 31.8 Å². The van der Waals surface area contributed by atoms with E-state index < -0.39 is 0 Å². The van der Waals surface area contributed by atoms with E-state index in [1.807, 2.05) is 6.20 Å². The first kappa shape index (κ1) is 9.91. The van der Waals surface area contributed by atoms with Crippen LogP contribution in [0.4, 0.5) is 5.82 Å². The Hall–Kier alpha value is -1.07. The molecule has 2 bridgehead atoms. The number of nitrogens with one attached hydrogen (secondary N) is 3. The van der Waals surface area contributed by atoms with Crippen LogP contribution in [0.5, 0.6) is 0 Å². The van der Waals surface area contributed by atoms with Crippen LogP contribution in [0.25, 0.3) is 0 Å². The largest absolute Gasteiger partial charge is 0.370 e. The SMILES string of the molecule is c1cc(NC[C@@H]2[C@@H]3CN[C@H]2C3)n(C2CNC2)n1. The molecule has 0 radical (unpaired) electrons. The van der Waals surface area contributed by atoms with Crippen molar-refractivity contribution in [2.45, 2.75) is 18.5 Å². The van der Waals surface area contributed by atoms with E-state index in [0.29, 0.717) is 6.04 Å². The van der Waals surface area contributed by atoms with E-state index in [1.54, 1.807) is 0 Å². The predicted molar refractivity (Wildman–Crippen MR) is 66.0 cm³/mol. The second-order valence-corrected chi connectivity index (χ2v) is 5.53. The van der Waals surface area contributed by atoms with Gasteiger partial charge < -0.3 is 16.0 Å². The summed E-state index contributed by atoms with van der Waals surface area (Å²) in [5, 5.41) is 14.8. The van der Waals surface area contributed by atoms with Crippen LogP contribution in [-0.4, -0.2) is 42.0 Å². The summed E-state index contributed by atoms with van der Waals surface area (Å²) in [5.74, 6) is 2.93. The Labute approximate surface area is 101 Å². The molecule has 5 rings (SSSR count). The van der Waals surface area contributed by atoms with Gasteiger partial charge in [-0.3, -0.25) is 0 Å². The highest BCUT2D eigenvalue weighted by Crippen LogP contribution is 2.39. The van der Waals surface area contributed by atoms with Crippen LogP contribution in [0.1, 0.15) is 12.5 Å². The van der Waals surface area contributed by atoms with Gasteiger partial charge >= 0.3 is 0 Å². The number of hydrogen-bond donors (Lipinski definition) is 3. The van der Waals surface area contributed by atoms with Gasteiger partial charge in [-0.2, -0.15) is 5.10 Å². The molecule has 1 saturated carbocycles. The third kappa shape index (κ3) is 1.49. The standard InChI is InChI=1S/C12H19N5/c1-2-16-17(9-5-13-6-9)12(1)15-7-10-8-3-11(10)14-4-8/h1-2,8-11,13-15H,3-7H2/t8-,10+,11-/m0/s1. The minimum atomic E-state index is 0.545. The molecular weight excluding hydrogens is 214 g/mol. The van der Waals surface area contributed by atoms with Gasteiger partial charge in [0, 0.05) is 31.7 Å². The molecule has 0 spiro atoms. The second-order valence-electron chi connectivity index (χ2n) is 5.53. The summed E-state index contributed by atoms with van der Waals surface area (Å²) < 4.78 is 2.13. The summed E-state index contributed by atoms with van der Waals surface area (Å²) in [7, 11) is 0. The number of aromatic nitrogens is 2. The first-order valence-corrected chi connectivity index (χ1v) is 6.63. The van der Waals surface area contributed by atoms with Gasteiger partial charge in [-0.05, 0) is 24.8 Å². The van der Waals surface area contributed by atoms with Crippen LogP contribution in [0.3, 0.4) is 0 Å². The third-order valence-electron chi connectivity index (χ3n) is 4.62. The lowest BCUT2D eigenvalue weighted by atomic mass is 9.74. The van der Waals surface area contributed by atoms with Gasteiger partial charge in [0.25, 0.3) is 0 Å². The molecule has 3 saturated heterocycles. The summed E-state index contributed by atoms with van der Waals surface area (Å²) in [6, 6.07) is 3.41. The fraction of sp³-hybridized carbons (Fsp3) is 0.750. The van der Waals surface area contributed by atoms with Gasteiger partial charge in [0.05, 0.1) is 12.2 Å². The average Bonchev–Trinajstić information content (AvgIpc) is 2.89. The predicted octanol–water partition coefficient (Wildman–Crippen LogP) is 0.0472. The van der Waals surface area contributed by atoms with E-state index in [4.69, 9.17) is 0 Å². The van der Waals surface area contributed by atoms with Crippen molar-refractivity contribution in [1.29, 1.82) is 0 Å². The third-order valence-corrected chi connectivity index (χ3v) is 4.62. The van der Waals surface area contributed by atoms with Gasteiger partial charge in [-0.1, -0.05) is 0 Å². The van der Waals surface area contributed by atoms with E-state index in [-0.39, 0.29) is 0 Å². The fourth-order valence-corrected chi connectivity index (χ4v) is 3.30. The molecule has 3 atom stereocenters. The van der Waals surface area contributed by atoms with Crippen LogP contribution in [0, 0.1) is 11.8 Å². The molecule has 17 heavy (non-hydrogen) atoms. The fourth-order valence-electron chi connectivity index (χ4n) is 3.30. The van der Waals surface area contributed by atoms with E-state index in [9.17, 15) is 0 Å². The first-order chi connectivity index (χ1) is 8.42. The minimum absolute atomic E-state index is 0.545. The number of hydrogen-bond acceptors (Lipinski definition) is 4. The second kappa shape index (κ2) is 3.71. The molecule has 1 aromatic rings. The number of rotatable bonds is 4. The van der Waals surface area contributed by atoms with Gasteiger partial charge in [0.1, 0.15) is 5.82 Å². The Morgan fingerprint density at radius 1 is 1.41 bits per heavy atom. The summed E-state index contributed by atoms with van der Waals surface area (Å²) >= 11 is 0. The molecule has 92 valence electrons. The highest BCUT2D eigenvalue weighted by atomic mass is 15.4. The van der Waals surface area contributed by atoms with E-state index in [0.717, 1.165) is 37.5 Å². The molecule has 4 aliphatic rings. The van der Waals surface area contributed by atoms with Gasteiger partial charge in [0.15, 0.2) is 0 Å². The van der Waals surface area contributed by atoms with Crippen molar-refractivity contribution in [2.75, 3.05) is 31.5 Å². The van der Waals surface area contributed by atoms with Crippen molar-refractivity contribution >= 4 is 5.82 Å². The first-order valence-electron chi connectivity index (χ1n) is 6.63. The zero-order chi connectivity index (χ0) is 11.2. The van der Waals surface area contributed by atoms with E-state index >= 15 is 0 Å². The quantitative estimate of drug-likeness (QED) is 0.688. The summed E-state index contributed by atoms with van der Waals surface area (Å²) in [5.41, 5.74) is 0. The maximum Gasteiger partial charge on any atom is 0.124 e. The monoisotopic (exact) mass is 233 g/mol. The molecule has 3 aliphatic heterocycles. The van der Waals surface area contributed by atoms with Crippen LogP contribution < -0.4 is 16.0 Å². The summed E-state index contributed by atoms with van der Waals surface area (Å²) in [6.45, 7) is 4.41. The maximum absolute atomic E-state index is 4.41. The van der Waals surface area contributed by atoms with Crippen molar-refractivity contribution in [3.63, 3.8) is 0 Å². The molecule has 0 aromatic carbocycles. The normalized spacial score (nSPS) is 35.4. The average molecular weight is 233 g/mol. The van der Waals surface area contributed by atoms with E-state index in [1.165, 1.54) is 18.8 Å². The zero-order valence-corrected chi connectivity index (χ0v) is 9.89. The van der Waals surface area contributed by atoms with Crippen LogP contribution in [-0.2, 0) is 0 Å². The Kier molecular flexibility index (Phi) is 2.16. The lowest BCUT2D eigenvalue weighted by Crippen LogP contribution is -2.45. The summed E-state index contributed by atoms with van der Waals surface area (Å²) in [6.07, 6.45) is 3.28. The van der Waals surface area contributed by atoms with Gasteiger partial charge in [-0.25, -0.2) is 4.68 Å². The van der Waals surface area contributed by atoms with Gasteiger partial charge in [0.2, 0.25) is 0 Å². The van der Waals surface area contributed by atoms with Crippen LogP contribution in [0.2, 0.25) is 0 Å². The Balaban J connectivity index is 1.40. The number of nitrogens with zero attached hydrogens (tertiary/aromatic N) is 2. The molecule has 0 amide bonds. The topological polar surface area (TPSA) is 53.9 Å². The highest BCUT2D eigenvalue weighted by Gasteiger charge is 2.46. The van der Waals surface area contributed by atoms with Crippen LogP contribution in [0.15, 0.2) is 12.3 Å². The smallest absolute Gasteiger partial charge is 0.124 e. The van der Waals surface area contributed by atoms with Crippen molar-refractivity contribution in [2.24, 2.45) is 11.8 Å². The molecule has 4 heterocycles. The van der Waals surface area contributed by atoms with Crippen molar-refractivity contribution in [3.05, 3.63) is 12.3 Å². The Bertz CT molecular complexity index is 397. The molecule has 5 heteroatoms. The molecular formula is C12H19N5. The molecule has 4 fully saturated rings. The van der Waals surface area contributed by atoms with Crippen molar-refractivity contribution < 1.29 is 0 Å². The molecule has 5 nitrogen and oxygen atoms in total. The zero-order valence-electron chi connectivity index (χ0n) is 9.89. The Morgan fingerprint density at radius 2 is 2.35 bits per heavy atom. The molecule has 1 aromatic heterocycles. The number of fused-ring (bicyclic) bond motifs is 1. The van der Waals surface area contributed by atoms with Crippen molar-refractivity contribution in [3.8, 4) is 0 Å². The highest BCUT2D eigenvalue weighted by molar-refractivity contribution is 5.35. The molecule has 0 unspecified atom stereocenters. The maximum atomic E-state index is 4.41. The molecule has 1 aliphatic carbocycles. The lowest BCUT2D eigenvalue weighted by molar-refractivity contribution is 0.229. The van der Waals surface area contributed by atoms with Crippen LogP contribution >= 0.6 is 0 Å². The Morgan fingerprint density at radius 3 is 3.00 bits per heavy atom. The molecule has 3 N–H and O–H groups in total. The summed E-state index contributed by atoms with van der Waals surface area (Å²) in [4.78, 5) is 0. The van der Waals surface area contributed by atoms with Crippen molar-refractivity contribution in [1.82, 2.24) is 20.4 Å². The minimum Gasteiger partial charge on any atom is -0.370 e. The number of anilines is 1. The van der Waals surface area contributed by atoms with Gasteiger partial charge in [-0.15, -0.1) is 0 Å².